The molecule has 1 N–H and O–H groups in total. The van der Waals surface area contributed by atoms with Crippen LogP contribution in [0.15, 0.2) is 10.6 Å². The summed E-state index contributed by atoms with van der Waals surface area (Å²) in [6.45, 7) is 2.07. The van der Waals surface area contributed by atoms with Gasteiger partial charge in [-0.1, -0.05) is 5.16 Å². The molecule has 5 heteroatoms. The van der Waals surface area contributed by atoms with Crippen LogP contribution < -0.4 is 5.32 Å². The van der Waals surface area contributed by atoms with Crippen molar-refractivity contribution in [1.82, 2.24) is 10.5 Å². The summed E-state index contributed by atoms with van der Waals surface area (Å²) in [4.78, 5) is 10.8. The van der Waals surface area contributed by atoms with E-state index in [0.717, 1.165) is 5.69 Å². The van der Waals surface area contributed by atoms with Crippen molar-refractivity contribution in [3.8, 4) is 6.07 Å². The first-order valence-electron chi connectivity index (χ1n) is 3.78. The number of carbonyl (C=O) groups is 1. The van der Waals surface area contributed by atoms with Crippen molar-refractivity contribution in [3.05, 3.63) is 17.5 Å². The number of nitriles is 1. The largest absolute Gasteiger partial charge is 0.359 e. The second-order valence-electron chi connectivity index (χ2n) is 2.55. The molecular weight excluding hydrogens is 170 g/mol. The standard InChI is InChI=1S/C8H9N3O2/c1-6-4-7(13-11-6)5-10-8(12)2-3-9/h4H,2,5H2,1H3,(H,10,12). The molecule has 0 fully saturated rings. The Balaban J connectivity index is 2.36. The Labute approximate surface area is 75.3 Å². The summed E-state index contributed by atoms with van der Waals surface area (Å²) < 4.78 is 4.85. The molecule has 1 aromatic heterocycles. The third-order valence-electron chi connectivity index (χ3n) is 1.38. The van der Waals surface area contributed by atoms with Gasteiger partial charge in [0.2, 0.25) is 5.91 Å². The van der Waals surface area contributed by atoms with E-state index in [4.69, 9.17) is 9.78 Å². The van der Waals surface area contributed by atoms with Gasteiger partial charge in [0.25, 0.3) is 0 Å². The zero-order valence-electron chi connectivity index (χ0n) is 7.20. The van der Waals surface area contributed by atoms with Crippen molar-refractivity contribution < 1.29 is 9.32 Å². The Morgan fingerprint density at radius 2 is 2.62 bits per heavy atom. The van der Waals surface area contributed by atoms with Crippen LogP contribution in [-0.2, 0) is 11.3 Å². The number of rotatable bonds is 3. The van der Waals surface area contributed by atoms with Gasteiger partial charge in [-0.3, -0.25) is 4.79 Å². The maximum Gasteiger partial charge on any atom is 0.234 e. The van der Waals surface area contributed by atoms with E-state index in [-0.39, 0.29) is 18.9 Å². The molecule has 0 aliphatic heterocycles. The molecule has 0 saturated heterocycles. The average Bonchev–Trinajstić information content (AvgIpc) is 2.49. The van der Waals surface area contributed by atoms with Crippen LogP contribution in [0.5, 0.6) is 0 Å². The zero-order valence-corrected chi connectivity index (χ0v) is 7.20. The Kier molecular flexibility index (Phi) is 3.03. The maximum atomic E-state index is 10.8. The number of nitrogens with zero attached hydrogens (tertiary/aromatic N) is 2. The molecule has 5 nitrogen and oxygen atoms in total. The topological polar surface area (TPSA) is 78.9 Å². The fourth-order valence-corrected chi connectivity index (χ4v) is 0.820. The smallest absolute Gasteiger partial charge is 0.234 e. The van der Waals surface area contributed by atoms with Crippen molar-refractivity contribution in [2.45, 2.75) is 19.9 Å². The van der Waals surface area contributed by atoms with Crippen molar-refractivity contribution in [3.63, 3.8) is 0 Å². The normalized spacial score (nSPS) is 9.23. The van der Waals surface area contributed by atoms with E-state index in [9.17, 15) is 4.79 Å². The van der Waals surface area contributed by atoms with Crippen molar-refractivity contribution in [2.75, 3.05) is 0 Å². The van der Waals surface area contributed by atoms with Gasteiger partial charge in [-0.2, -0.15) is 5.26 Å². The third kappa shape index (κ3) is 2.95. The molecule has 0 aliphatic carbocycles. The summed E-state index contributed by atoms with van der Waals surface area (Å²) in [7, 11) is 0. The second-order valence-corrected chi connectivity index (χ2v) is 2.55. The molecule has 0 bridgehead atoms. The fraction of sp³-hybridized carbons (Fsp3) is 0.375. The maximum absolute atomic E-state index is 10.8. The van der Waals surface area contributed by atoms with Crippen molar-refractivity contribution >= 4 is 5.91 Å². The first kappa shape index (κ1) is 9.26. The van der Waals surface area contributed by atoms with Gasteiger partial charge >= 0.3 is 0 Å². The first-order chi connectivity index (χ1) is 6.22. The van der Waals surface area contributed by atoms with Gasteiger partial charge in [-0.05, 0) is 6.92 Å². The highest BCUT2D eigenvalue weighted by Gasteiger charge is 2.03. The minimum atomic E-state index is -0.309. The zero-order chi connectivity index (χ0) is 9.68. The molecule has 1 heterocycles. The number of nitrogens with one attached hydrogen (secondary N) is 1. The lowest BCUT2D eigenvalue weighted by molar-refractivity contribution is -0.120. The summed E-state index contributed by atoms with van der Waals surface area (Å²) in [6, 6.07) is 3.48. The van der Waals surface area contributed by atoms with Crippen LogP contribution in [-0.4, -0.2) is 11.1 Å². The minimum Gasteiger partial charge on any atom is -0.359 e. The van der Waals surface area contributed by atoms with Crippen molar-refractivity contribution in [2.24, 2.45) is 0 Å². The number of aryl methyl sites for hydroxylation is 1. The molecule has 0 radical (unpaired) electrons. The van der Waals surface area contributed by atoms with Gasteiger partial charge in [-0.15, -0.1) is 0 Å². The molecule has 0 saturated carbocycles. The molecule has 0 atom stereocenters. The molecule has 68 valence electrons. The monoisotopic (exact) mass is 179 g/mol. The van der Waals surface area contributed by atoms with Crippen LogP contribution in [0.2, 0.25) is 0 Å². The highest BCUT2D eigenvalue weighted by atomic mass is 16.5. The Bertz CT molecular complexity index is 337. The summed E-state index contributed by atoms with van der Waals surface area (Å²) >= 11 is 0. The number of hydrogen-bond acceptors (Lipinski definition) is 4. The van der Waals surface area contributed by atoms with Gasteiger partial charge in [0, 0.05) is 6.07 Å². The number of carbonyl (C=O) groups excluding carboxylic acids is 1. The number of aromatic nitrogens is 1. The second kappa shape index (κ2) is 4.26. The first-order valence-corrected chi connectivity index (χ1v) is 3.78. The average molecular weight is 179 g/mol. The van der Waals surface area contributed by atoms with E-state index >= 15 is 0 Å². The number of amides is 1. The fourth-order valence-electron chi connectivity index (χ4n) is 0.820. The Morgan fingerprint density at radius 1 is 1.85 bits per heavy atom. The molecule has 1 rings (SSSR count). The van der Waals surface area contributed by atoms with Gasteiger partial charge in [-0.25, -0.2) is 0 Å². The Morgan fingerprint density at radius 3 is 3.15 bits per heavy atom. The highest BCUT2D eigenvalue weighted by molar-refractivity contribution is 5.77. The van der Waals surface area contributed by atoms with Gasteiger partial charge in [0.05, 0.1) is 18.3 Å². The molecule has 1 amide bonds. The molecule has 1 aromatic rings. The molecular formula is C8H9N3O2. The molecule has 13 heavy (non-hydrogen) atoms. The van der Waals surface area contributed by atoms with Gasteiger partial charge < -0.3 is 9.84 Å². The van der Waals surface area contributed by atoms with Crippen LogP contribution >= 0.6 is 0 Å². The van der Waals surface area contributed by atoms with E-state index in [2.05, 4.69) is 10.5 Å². The summed E-state index contributed by atoms with van der Waals surface area (Å²) in [5.41, 5.74) is 0.768. The lowest BCUT2D eigenvalue weighted by atomic mass is 10.3. The van der Waals surface area contributed by atoms with Crippen LogP contribution in [0.1, 0.15) is 17.9 Å². The molecule has 0 aromatic carbocycles. The quantitative estimate of drug-likeness (QED) is 0.733. The molecule has 0 unspecified atom stereocenters. The summed E-state index contributed by atoms with van der Waals surface area (Å²) in [5.74, 6) is 0.278. The van der Waals surface area contributed by atoms with Crippen LogP contribution in [0.3, 0.4) is 0 Å². The highest BCUT2D eigenvalue weighted by Crippen LogP contribution is 2.00. The van der Waals surface area contributed by atoms with E-state index < -0.39 is 0 Å². The molecule has 0 aliphatic rings. The number of hydrogen-bond donors (Lipinski definition) is 1. The van der Waals surface area contributed by atoms with Gasteiger partial charge in [0.1, 0.15) is 6.42 Å². The molecule has 0 spiro atoms. The Hall–Kier alpha value is -1.83. The predicted octanol–water partition coefficient (Wildman–Crippen LogP) is 0.513. The van der Waals surface area contributed by atoms with Crippen LogP contribution in [0.4, 0.5) is 0 Å². The van der Waals surface area contributed by atoms with E-state index in [1.807, 2.05) is 0 Å². The van der Waals surface area contributed by atoms with Crippen LogP contribution in [0.25, 0.3) is 0 Å². The van der Waals surface area contributed by atoms with E-state index in [0.29, 0.717) is 5.76 Å². The lowest BCUT2D eigenvalue weighted by Gasteiger charge is -1.96. The predicted molar refractivity (Wildman–Crippen MR) is 43.3 cm³/mol. The SMILES string of the molecule is Cc1cc(CNC(=O)CC#N)on1. The third-order valence-corrected chi connectivity index (χ3v) is 1.38. The minimum absolute atomic E-state index is 0.132. The lowest BCUT2D eigenvalue weighted by Crippen LogP contribution is -2.21. The summed E-state index contributed by atoms with van der Waals surface area (Å²) in [5, 5.41) is 14.4. The van der Waals surface area contributed by atoms with E-state index in [1.54, 1.807) is 19.1 Å². The van der Waals surface area contributed by atoms with E-state index in [1.165, 1.54) is 0 Å². The van der Waals surface area contributed by atoms with Crippen LogP contribution in [0, 0.1) is 18.3 Å². The van der Waals surface area contributed by atoms with Gasteiger partial charge in [0.15, 0.2) is 5.76 Å². The van der Waals surface area contributed by atoms with Crippen molar-refractivity contribution in [1.29, 1.82) is 5.26 Å². The summed E-state index contributed by atoms with van der Waals surface area (Å²) in [6.07, 6.45) is -0.132.